The predicted octanol–water partition coefficient (Wildman–Crippen LogP) is 9.05. The van der Waals surface area contributed by atoms with Gasteiger partial charge in [0.1, 0.15) is 0 Å². The van der Waals surface area contributed by atoms with Crippen molar-refractivity contribution in [1.29, 1.82) is 0 Å². The number of hydrogen-bond acceptors (Lipinski definition) is 4. The molecule has 0 heterocycles. The summed E-state index contributed by atoms with van der Waals surface area (Å²) in [5.74, 6) is 4.74. The third kappa shape index (κ3) is 43.6. The summed E-state index contributed by atoms with van der Waals surface area (Å²) in [5.41, 5.74) is 0. The van der Waals surface area contributed by atoms with Crippen molar-refractivity contribution in [1.82, 2.24) is 0 Å². The summed E-state index contributed by atoms with van der Waals surface area (Å²) >= 11 is 0. The number of aliphatic hydroxyl groups excluding tert-OH is 2. The Morgan fingerprint density at radius 2 is 0.436 bits per heavy atom. The Morgan fingerprint density at radius 3 is 0.487 bits per heavy atom. The molecular weight excluding hydrogens is 552 g/mol. The van der Waals surface area contributed by atoms with Crippen molar-refractivity contribution in [2.45, 2.75) is 147 Å². The summed E-state index contributed by atoms with van der Waals surface area (Å²) in [7, 11) is -3.88. The Balaban J connectivity index is -0.000000145. The SMILES string of the molecule is CC(C)CO.CC(C)CO.CC(C)C[Si](O)(CC(C)C)CC(C)C.CC(C)C[Si](O)(CC(C)C)CC(C)C.[Ti]. The molecule has 39 heavy (non-hydrogen) atoms. The molecule has 0 amide bonds. The van der Waals surface area contributed by atoms with Crippen LogP contribution in [0.15, 0.2) is 0 Å². The van der Waals surface area contributed by atoms with E-state index in [2.05, 4.69) is 83.1 Å². The van der Waals surface area contributed by atoms with Crippen molar-refractivity contribution >= 4 is 16.6 Å². The molecule has 4 N–H and O–H groups in total. The summed E-state index contributed by atoms with van der Waals surface area (Å²) in [6.07, 6.45) is 0. The Labute approximate surface area is 264 Å². The van der Waals surface area contributed by atoms with Gasteiger partial charge in [-0.1, -0.05) is 111 Å². The minimum atomic E-state index is -1.94. The maximum atomic E-state index is 10.7. The maximum Gasteiger partial charge on any atom is 0.189 e. The minimum absolute atomic E-state index is 0. The summed E-state index contributed by atoms with van der Waals surface area (Å²) in [6.45, 7) is 35.2. The molecule has 0 aromatic rings. The molecule has 7 heteroatoms. The van der Waals surface area contributed by atoms with Crippen molar-refractivity contribution in [2.75, 3.05) is 13.2 Å². The molecule has 0 saturated carbocycles. The van der Waals surface area contributed by atoms with E-state index in [9.17, 15) is 9.59 Å². The fourth-order valence-corrected chi connectivity index (χ4v) is 15.2. The van der Waals surface area contributed by atoms with Crippen molar-refractivity contribution in [2.24, 2.45) is 47.3 Å². The average molecular weight is 629 g/mol. The predicted molar refractivity (Wildman–Crippen MR) is 178 cm³/mol. The van der Waals surface area contributed by atoms with Gasteiger partial charge in [0.05, 0.1) is 0 Å². The minimum Gasteiger partial charge on any atom is -0.432 e. The Bertz CT molecular complexity index is 400. The molecule has 0 radical (unpaired) electrons. The van der Waals surface area contributed by atoms with Crippen LogP contribution in [0.1, 0.15) is 111 Å². The molecule has 0 aliphatic heterocycles. The van der Waals surface area contributed by atoms with Crippen LogP contribution in [0, 0.1) is 47.3 Å². The molecule has 0 aromatic carbocycles. The molecule has 0 atom stereocenters. The fourth-order valence-electron chi connectivity index (χ4n) is 5.06. The van der Waals surface area contributed by atoms with Crippen LogP contribution in [0.4, 0.5) is 0 Å². The van der Waals surface area contributed by atoms with Gasteiger partial charge in [-0.05, 0) is 83.6 Å². The normalized spacial score (nSPS) is 12.0. The van der Waals surface area contributed by atoms with Crippen LogP contribution in [0.25, 0.3) is 0 Å². The first-order valence-corrected chi connectivity index (χ1v) is 20.8. The van der Waals surface area contributed by atoms with Crippen LogP contribution in [0.2, 0.25) is 36.3 Å². The zero-order valence-electron chi connectivity index (χ0n) is 29.6. The van der Waals surface area contributed by atoms with Gasteiger partial charge < -0.3 is 19.8 Å². The van der Waals surface area contributed by atoms with Gasteiger partial charge in [-0.3, -0.25) is 0 Å². The van der Waals surface area contributed by atoms with Gasteiger partial charge in [0.15, 0.2) is 16.6 Å². The van der Waals surface area contributed by atoms with Gasteiger partial charge in [-0.15, -0.1) is 0 Å². The van der Waals surface area contributed by atoms with E-state index in [4.69, 9.17) is 10.2 Å². The molecule has 0 rings (SSSR count). The first kappa shape index (κ1) is 49.7. The molecule has 240 valence electrons. The largest absolute Gasteiger partial charge is 0.432 e. The molecule has 0 aromatic heterocycles. The van der Waals surface area contributed by atoms with Gasteiger partial charge in [-0.25, -0.2) is 0 Å². The quantitative estimate of drug-likeness (QED) is 0.145. The molecule has 0 fully saturated rings. The fraction of sp³-hybridized carbons (Fsp3) is 1.00. The van der Waals surface area contributed by atoms with Crippen LogP contribution in [0.5, 0.6) is 0 Å². The van der Waals surface area contributed by atoms with Crippen molar-refractivity contribution in [3.05, 3.63) is 0 Å². The third-order valence-corrected chi connectivity index (χ3v) is 14.9. The van der Waals surface area contributed by atoms with E-state index in [1.807, 2.05) is 27.7 Å². The van der Waals surface area contributed by atoms with E-state index in [0.29, 0.717) is 60.6 Å². The summed E-state index contributed by atoms with van der Waals surface area (Å²) in [6, 6.07) is 6.44. The second-order valence-corrected chi connectivity index (χ2v) is 22.5. The van der Waals surface area contributed by atoms with Gasteiger partial charge in [0, 0.05) is 34.9 Å². The zero-order valence-corrected chi connectivity index (χ0v) is 33.1. The summed E-state index contributed by atoms with van der Waals surface area (Å²) in [4.78, 5) is 21.3. The summed E-state index contributed by atoms with van der Waals surface area (Å²) in [5, 5.41) is 16.3. The van der Waals surface area contributed by atoms with E-state index >= 15 is 0 Å². The van der Waals surface area contributed by atoms with Crippen LogP contribution in [-0.2, 0) is 21.7 Å². The van der Waals surface area contributed by atoms with E-state index < -0.39 is 16.6 Å². The molecule has 0 saturated heterocycles. The Kier molecular flexibility index (Phi) is 35.4. The number of hydrogen-bond donors (Lipinski definition) is 4. The van der Waals surface area contributed by atoms with Crippen LogP contribution >= 0.6 is 0 Å². The standard InChI is InChI=1S/2C12H28OSi.2C4H10O.Ti/c2*1-10(2)7-14(13,8-11(3)4)9-12(5)6;2*1-4(2)3-5;/h2*10-13H,7-9H2,1-6H3;2*4-5H,3H2,1-2H3;. The van der Waals surface area contributed by atoms with Gasteiger partial charge in [0.2, 0.25) is 0 Å². The smallest absolute Gasteiger partial charge is 0.189 e. The zero-order chi connectivity index (χ0) is 31.3. The van der Waals surface area contributed by atoms with E-state index in [1.54, 1.807) is 0 Å². The van der Waals surface area contributed by atoms with Crippen LogP contribution < -0.4 is 0 Å². The molecule has 0 bridgehead atoms. The first-order valence-electron chi connectivity index (χ1n) is 15.7. The number of aliphatic hydroxyl groups is 2. The molecule has 0 aliphatic rings. The molecule has 0 unspecified atom stereocenters. The number of rotatable bonds is 14. The van der Waals surface area contributed by atoms with E-state index in [-0.39, 0.29) is 21.7 Å². The van der Waals surface area contributed by atoms with Crippen LogP contribution in [-0.4, -0.2) is 49.7 Å². The van der Waals surface area contributed by atoms with Crippen molar-refractivity contribution < 1.29 is 41.5 Å². The topological polar surface area (TPSA) is 80.9 Å². The maximum absolute atomic E-state index is 10.7. The third-order valence-electron chi connectivity index (χ3n) is 5.46. The monoisotopic (exact) mass is 628 g/mol. The second kappa shape index (κ2) is 27.8. The second-order valence-electron chi connectivity index (χ2n) is 15.2. The van der Waals surface area contributed by atoms with Crippen LogP contribution in [0.3, 0.4) is 0 Å². The molecule has 0 spiro atoms. The first-order chi connectivity index (χ1) is 17.0. The van der Waals surface area contributed by atoms with Gasteiger partial charge >= 0.3 is 0 Å². The molecule has 4 nitrogen and oxygen atoms in total. The van der Waals surface area contributed by atoms with Crippen molar-refractivity contribution in [3.8, 4) is 0 Å². The Hall–Kier alpha value is 0.988. The molecule has 0 aliphatic carbocycles. The molecular formula is C32H76O4Si2Ti. The Morgan fingerprint density at radius 1 is 0.333 bits per heavy atom. The van der Waals surface area contributed by atoms with Crippen molar-refractivity contribution in [3.63, 3.8) is 0 Å². The van der Waals surface area contributed by atoms with Gasteiger partial charge in [-0.2, -0.15) is 0 Å². The summed E-state index contributed by atoms with van der Waals surface area (Å²) < 4.78 is 0. The van der Waals surface area contributed by atoms with E-state index in [0.717, 1.165) is 36.3 Å². The van der Waals surface area contributed by atoms with Gasteiger partial charge in [0.25, 0.3) is 0 Å². The average Bonchev–Trinajstić information content (AvgIpc) is 2.64. The van der Waals surface area contributed by atoms with E-state index in [1.165, 1.54) is 0 Å².